The summed E-state index contributed by atoms with van der Waals surface area (Å²) < 4.78 is 16.0. The van der Waals surface area contributed by atoms with Gasteiger partial charge in [-0.25, -0.2) is 0 Å². The molecule has 0 saturated heterocycles. The van der Waals surface area contributed by atoms with Gasteiger partial charge in [0.2, 0.25) is 6.79 Å². The Morgan fingerprint density at radius 3 is 2.85 bits per heavy atom. The molecule has 1 fully saturated rings. The van der Waals surface area contributed by atoms with E-state index in [1.54, 1.807) is 25.3 Å². The molecule has 2 aromatic carbocycles. The van der Waals surface area contributed by atoms with Crippen LogP contribution in [0.25, 0.3) is 10.9 Å². The largest absolute Gasteiger partial charge is 0.497 e. The lowest BCUT2D eigenvalue weighted by atomic mass is 9.95. The van der Waals surface area contributed by atoms with Gasteiger partial charge in [0.05, 0.1) is 7.11 Å². The van der Waals surface area contributed by atoms with Crippen LogP contribution in [0.5, 0.6) is 17.2 Å². The van der Waals surface area contributed by atoms with Gasteiger partial charge in [0.1, 0.15) is 5.75 Å². The zero-order valence-corrected chi connectivity index (χ0v) is 15.0. The Kier molecular flexibility index (Phi) is 3.53. The van der Waals surface area contributed by atoms with E-state index in [1.807, 2.05) is 12.1 Å². The van der Waals surface area contributed by atoms with E-state index in [2.05, 4.69) is 22.6 Å². The van der Waals surface area contributed by atoms with Gasteiger partial charge in [0.15, 0.2) is 11.5 Å². The molecule has 0 spiro atoms. The number of carbonyl (C=O) groups excluding carboxylic acids is 1. The summed E-state index contributed by atoms with van der Waals surface area (Å²) in [6.07, 6.45) is 4.17. The number of methoxy groups -OCH3 is 1. The number of benzene rings is 2. The number of fused-ring (bicyclic) bond motifs is 2. The number of aromatic nitrogens is 1. The number of amides is 1. The second-order valence-electron chi connectivity index (χ2n) is 7.14. The van der Waals surface area contributed by atoms with Gasteiger partial charge in [-0.2, -0.15) is 0 Å². The number of hydrogen-bond acceptors (Lipinski definition) is 4. The zero-order chi connectivity index (χ0) is 18.4. The van der Waals surface area contributed by atoms with Gasteiger partial charge in [0, 0.05) is 34.6 Å². The number of H-pyrrole nitrogens is 1. The first-order valence-corrected chi connectivity index (χ1v) is 9.02. The first-order chi connectivity index (χ1) is 13.2. The molecule has 1 saturated carbocycles. The minimum absolute atomic E-state index is 0.0172. The van der Waals surface area contributed by atoms with Crippen LogP contribution >= 0.6 is 0 Å². The molecule has 5 rings (SSSR count). The lowest BCUT2D eigenvalue weighted by Gasteiger charge is -2.16. The summed E-state index contributed by atoms with van der Waals surface area (Å²) in [5.41, 5.74) is 2.88. The summed E-state index contributed by atoms with van der Waals surface area (Å²) >= 11 is 0. The minimum atomic E-state index is -0.100. The zero-order valence-electron chi connectivity index (χ0n) is 15.0. The minimum Gasteiger partial charge on any atom is -0.497 e. The summed E-state index contributed by atoms with van der Waals surface area (Å²) in [6, 6.07) is 11.3. The highest BCUT2D eigenvalue weighted by Crippen LogP contribution is 2.50. The molecule has 1 aromatic heterocycles. The maximum absolute atomic E-state index is 12.6. The van der Waals surface area contributed by atoms with Crippen molar-refractivity contribution < 1.29 is 19.0 Å². The first-order valence-electron chi connectivity index (χ1n) is 9.02. The summed E-state index contributed by atoms with van der Waals surface area (Å²) in [5, 5.41) is 4.25. The molecular weight excluding hydrogens is 344 g/mol. The van der Waals surface area contributed by atoms with Crippen LogP contribution in [0.3, 0.4) is 0 Å². The van der Waals surface area contributed by atoms with Gasteiger partial charge >= 0.3 is 0 Å². The molecule has 6 nitrogen and oxygen atoms in total. The summed E-state index contributed by atoms with van der Waals surface area (Å²) in [6.45, 7) is 0.804. The van der Waals surface area contributed by atoms with Gasteiger partial charge in [-0.1, -0.05) is 0 Å². The fourth-order valence-electron chi connectivity index (χ4n) is 3.75. The van der Waals surface area contributed by atoms with E-state index < -0.39 is 0 Å². The van der Waals surface area contributed by atoms with Crippen molar-refractivity contribution in [3.63, 3.8) is 0 Å². The van der Waals surface area contributed by atoms with Crippen LogP contribution in [0.2, 0.25) is 0 Å². The Balaban J connectivity index is 1.36. The first kappa shape index (κ1) is 16.1. The van der Waals surface area contributed by atoms with Gasteiger partial charge in [-0.05, 0) is 54.8 Å². The molecule has 0 bridgehead atoms. The van der Waals surface area contributed by atoms with Crippen LogP contribution in [-0.4, -0.2) is 31.3 Å². The van der Waals surface area contributed by atoms with E-state index in [9.17, 15) is 4.79 Å². The van der Waals surface area contributed by atoms with Crippen molar-refractivity contribution in [3.8, 4) is 17.2 Å². The predicted octanol–water partition coefficient (Wildman–Crippen LogP) is 3.37. The molecule has 0 unspecified atom stereocenters. The molecule has 0 atom stereocenters. The third-order valence-electron chi connectivity index (χ3n) is 5.54. The van der Waals surface area contributed by atoms with Crippen LogP contribution in [0, 0.1) is 0 Å². The van der Waals surface area contributed by atoms with Crippen LogP contribution in [0.1, 0.15) is 28.8 Å². The number of aromatic amines is 1. The number of carbonyl (C=O) groups is 1. The number of nitrogens with one attached hydrogen (secondary N) is 2. The Bertz CT molecular complexity index is 1040. The Morgan fingerprint density at radius 2 is 2.04 bits per heavy atom. The molecule has 6 heteroatoms. The second kappa shape index (κ2) is 5.94. The van der Waals surface area contributed by atoms with Gasteiger partial charge < -0.3 is 24.5 Å². The second-order valence-corrected chi connectivity index (χ2v) is 7.14. The van der Waals surface area contributed by atoms with E-state index in [0.717, 1.165) is 29.5 Å². The van der Waals surface area contributed by atoms with Crippen molar-refractivity contribution >= 4 is 16.8 Å². The lowest BCUT2D eigenvalue weighted by molar-refractivity contribution is 0.0949. The summed E-state index contributed by atoms with van der Waals surface area (Å²) in [4.78, 5) is 16.0. The molecular formula is C21H20N2O4. The molecule has 2 heterocycles. The van der Waals surface area contributed by atoms with Crippen molar-refractivity contribution in [2.75, 3.05) is 20.4 Å². The van der Waals surface area contributed by atoms with Gasteiger partial charge in [-0.15, -0.1) is 0 Å². The molecule has 2 N–H and O–H groups in total. The van der Waals surface area contributed by atoms with Crippen molar-refractivity contribution in [2.24, 2.45) is 0 Å². The maximum Gasteiger partial charge on any atom is 0.251 e. The average molecular weight is 364 g/mol. The maximum atomic E-state index is 12.6. The Labute approximate surface area is 156 Å². The fraction of sp³-hybridized carbons (Fsp3) is 0.286. The van der Waals surface area contributed by atoms with Crippen LogP contribution < -0.4 is 19.5 Å². The van der Waals surface area contributed by atoms with Crippen molar-refractivity contribution in [1.82, 2.24) is 10.3 Å². The Hall–Kier alpha value is -3.15. The molecule has 138 valence electrons. The van der Waals surface area contributed by atoms with E-state index in [-0.39, 0.29) is 18.1 Å². The monoisotopic (exact) mass is 364 g/mol. The molecule has 0 radical (unpaired) electrons. The summed E-state index contributed by atoms with van der Waals surface area (Å²) in [5.74, 6) is 2.03. The quantitative estimate of drug-likeness (QED) is 0.728. The number of hydrogen-bond donors (Lipinski definition) is 2. The van der Waals surface area contributed by atoms with Crippen LogP contribution in [0.4, 0.5) is 0 Å². The molecule has 1 aliphatic heterocycles. The smallest absolute Gasteiger partial charge is 0.251 e. The van der Waals surface area contributed by atoms with E-state index in [1.165, 1.54) is 5.56 Å². The van der Waals surface area contributed by atoms with Crippen molar-refractivity contribution in [1.29, 1.82) is 0 Å². The van der Waals surface area contributed by atoms with Crippen molar-refractivity contribution in [3.05, 3.63) is 53.7 Å². The lowest BCUT2D eigenvalue weighted by Crippen LogP contribution is -2.32. The molecule has 2 aliphatic rings. The third-order valence-corrected chi connectivity index (χ3v) is 5.54. The third kappa shape index (κ3) is 2.68. The summed E-state index contributed by atoms with van der Waals surface area (Å²) in [7, 11) is 1.67. The molecule has 1 aliphatic carbocycles. The fourth-order valence-corrected chi connectivity index (χ4v) is 3.75. The number of rotatable bonds is 5. The van der Waals surface area contributed by atoms with Gasteiger partial charge in [-0.3, -0.25) is 4.79 Å². The van der Waals surface area contributed by atoms with E-state index >= 15 is 0 Å². The van der Waals surface area contributed by atoms with Gasteiger partial charge in [0.25, 0.3) is 5.91 Å². The molecule has 3 aromatic rings. The normalized spacial score (nSPS) is 16.3. The van der Waals surface area contributed by atoms with Crippen LogP contribution in [-0.2, 0) is 5.41 Å². The SMILES string of the molecule is COc1ccc2[nH]cc(C3(CNC(=O)c4ccc5c(c4)OCO5)CC3)c2c1. The standard InChI is InChI=1S/C21H20N2O4/c1-25-14-3-4-17-15(9-14)16(10-22-17)21(6-7-21)11-23-20(24)13-2-5-18-19(8-13)27-12-26-18/h2-5,8-10,22H,6-7,11-12H2,1H3,(H,23,24). The highest BCUT2D eigenvalue weighted by molar-refractivity contribution is 5.95. The average Bonchev–Trinajstić information content (AvgIpc) is 3.14. The van der Waals surface area contributed by atoms with E-state index in [4.69, 9.17) is 14.2 Å². The molecule has 27 heavy (non-hydrogen) atoms. The number of ether oxygens (including phenoxy) is 3. The highest BCUT2D eigenvalue weighted by Gasteiger charge is 2.46. The van der Waals surface area contributed by atoms with Crippen LogP contribution in [0.15, 0.2) is 42.6 Å². The highest BCUT2D eigenvalue weighted by atomic mass is 16.7. The van der Waals surface area contributed by atoms with Crippen molar-refractivity contribution in [2.45, 2.75) is 18.3 Å². The molecule has 1 amide bonds. The van der Waals surface area contributed by atoms with E-state index in [0.29, 0.717) is 23.6 Å². The Morgan fingerprint density at radius 1 is 1.19 bits per heavy atom. The predicted molar refractivity (Wildman–Crippen MR) is 101 cm³/mol. The topological polar surface area (TPSA) is 72.6 Å².